The molecular weight excluding hydrogens is 192 g/mol. The van der Waals surface area contributed by atoms with E-state index in [-0.39, 0.29) is 0 Å². The lowest BCUT2D eigenvalue weighted by molar-refractivity contribution is -0.164. The Morgan fingerprint density at radius 1 is 1.43 bits per heavy atom. The van der Waals surface area contributed by atoms with Crippen molar-refractivity contribution in [1.82, 2.24) is 5.32 Å². The topological polar surface area (TPSA) is 49.3 Å². The maximum absolute atomic E-state index is 12.7. The molecule has 0 atom stereocenters. The molecule has 84 valence electrons. The lowest BCUT2D eigenvalue weighted by Gasteiger charge is -2.27. The van der Waals surface area contributed by atoms with Crippen molar-refractivity contribution in [1.29, 1.82) is 0 Å². The van der Waals surface area contributed by atoms with E-state index in [1.165, 1.54) is 0 Å². The van der Waals surface area contributed by atoms with Crippen molar-refractivity contribution in [3.8, 4) is 0 Å². The van der Waals surface area contributed by atoms with Crippen LogP contribution in [-0.2, 0) is 4.79 Å². The highest BCUT2D eigenvalue weighted by Crippen LogP contribution is 2.16. The Morgan fingerprint density at radius 3 is 2.29 bits per heavy atom. The van der Waals surface area contributed by atoms with E-state index < -0.39 is 24.0 Å². The molecule has 0 bridgehead atoms. The van der Waals surface area contributed by atoms with Crippen LogP contribution in [0.3, 0.4) is 0 Å². The summed E-state index contributed by atoms with van der Waals surface area (Å²) in [4.78, 5) is 10.1. The molecule has 0 saturated heterocycles. The second kappa shape index (κ2) is 4.68. The minimum absolute atomic E-state index is 0.451. The molecular formula is C9H17F2NO2. The molecule has 0 spiro atoms. The number of carbonyl (C=O) groups is 1. The van der Waals surface area contributed by atoms with Gasteiger partial charge in [-0.3, -0.25) is 0 Å². The van der Waals surface area contributed by atoms with Gasteiger partial charge in [0.15, 0.2) is 0 Å². The summed E-state index contributed by atoms with van der Waals surface area (Å²) in [5.41, 5.74) is -0.451. The predicted molar refractivity (Wildman–Crippen MR) is 49.6 cm³/mol. The minimum Gasteiger partial charge on any atom is -0.477 e. The first-order valence-corrected chi connectivity index (χ1v) is 4.57. The fourth-order valence-electron chi connectivity index (χ4n) is 1.14. The molecule has 0 aromatic heterocycles. The van der Waals surface area contributed by atoms with Gasteiger partial charge < -0.3 is 10.4 Å². The zero-order chi connectivity index (χ0) is 11.4. The maximum Gasteiger partial charge on any atom is 0.375 e. The summed E-state index contributed by atoms with van der Waals surface area (Å²) < 4.78 is 25.3. The molecule has 0 aromatic carbocycles. The van der Waals surface area contributed by atoms with Crippen molar-refractivity contribution in [2.45, 2.75) is 45.1 Å². The molecule has 0 amide bonds. The Balaban J connectivity index is 4.10. The highest BCUT2D eigenvalue weighted by Gasteiger charge is 2.39. The highest BCUT2D eigenvalue weighted by atomic mass is 19.3. The third-order valence-electron chi connectivity index (χ3n) is 1.98. The lowest BCUT2D eigenvalue weighted by Crippen LogP contribution is -2.48. The number of carboxylic acid groups (broad SMARTS) is 1. The van der Waals surface area contributed by atoms with Gasteiger partial charge in [-0.1, -0.05) is 13.3 Å². The smallest absolute Gasteiger partial charge is 0.375 e. The number of hydrogen-bond donors (Lipinski definition) is 2. The van der Waals surface area contributed by atoms with Gasteiger partial charge in [0.05, 0.1) is 6.54 Å². The van der Waals surface area contributed by atoms with Gasteiger partial charge in [0.25, 0.3) is 0 Å². The Labute approximate surface area is 82.5 Å². The Hall–Kier alpha value is -0.710. The summed E-state index contributed by atoms with van der Waals surface area (Å²) in [7, 11) is 0. The third-order valence-corrected chi connectivity index (χ3v) is 1.98. The molecule has 0 unspecified atom stereocenters. The zero-order valence-electron chi connectivity index (χ0n) is 8.73. The molecule has 0 fully saturated rings. The number of nitrogens with one attached hydrogen (secondary N) is 1. The molecule has 0 radical (unpaired) electrons. The molecule has 5 heteroatoms. The van der Waals surface area contributed by atoms with E-state index in [4.69, 9.17) is 5.11 Å². The first-order valence-electron chi connectivity index (χ1n) is 4.57. The number of aliphatic carboxylic acids is 1. The van der Waals surface area contributed by atoms with Crippen LogP contribution in [0.4, 0.5) is 8.78 Å². The molecule has 0 aromatic rings. The average molecular weight is 209 g/mol. The van der Waals surface area contributed by atoms with Crippen LogP contribution in [0.25, 0.3) is 0 Å². The van der Waals surface area contributed by atoms with Crippen molar-refractivity contribution in [3.63, 3.8) is 0 Å². The second-order valence-corrected chi connectivity index (χ2v) is 4.00. The fourth-order valence-corrected chi connectivity index (χ4v) is 1.14. The summed E-state index contributed by atoms with van der Waals surface area (Å²) in [6, 6.07) is 0. The van der Waals surface area contributed by atoms with Crippen LogP contribution in [0.15, 0.2) is 0 Å². The van der Waals surface area contributed by atoms with Gasteiger partial charge in [-0.05, 0) is 20.3 Å². The van der Waals surface area contributed by atoms with E-state index in [1.54, 1.807) is 13.8 Å². The molecule has 0 heterocycles. The highest BCUT2D eigenvalue weighted by molar-refractivity contribution is 5.75. The summed E-state index contributed by atoms with van der Waals surface area (Å²) in [6.07, 6.45) is 1.58. The molecule has 0 rings (SSSR count). The number of alkyl halides is 2. The maximum atomic E-state index is 12.7. The summed E-state index contributed by atoms with van der Waals surface area (Å²) in [5, 5.41) is 10.7. The van der Waals surface area contributed by atoms with Crippen LogP contribution in [-0.4, -0.2) is 29.1 Å². The van der Waals surface area contributed by atoms with E-state index in [1.807, 2.05) is 6.92 Å². The lowest BCUT2D eigenvalue weighted by atomic mass is 9.99. The van der Waals surface area contributed by atoms with Gasteiger partial charge in [0.2, 0.25) is 0 Å². The summed E-state index contributed by atoms with van der Waals surface area (Å²) in [6.45, 7) is 4.66. The van der Waals surface area contributed by atoms with E-state index in [9.17, 15) is 13.6 Å². The Kier molecular flexibility index (Phi) is 4.45. The van der Waals surface area contributed by atoms with Crippen LogP contribution in [0.2, 0.25) is 0 Å². The van der Waals surface area contributed by atoms with E-state index in [0.717, 1.165) is 12.8 Å². The van der Waals surface area contributed by atoms with Crippen molar-refractivity contribution >= 4 is 5.97 Å². The Bertz CT molecular complexity index is 205. The van der Waals surface area contributed by atoms with Gasteiger partial charge in [0, 0.05) is 5.54 Å². The van der Waals surface area contributed by atoms with E-state index in [0.29, 0.717) is 0 Å². The molecule has 0 aliphatic carbocycles. The first kappa shape index (κ1) is 13.3. The summed E-state index contributed by atoms with van der Waals surface area (Å²) >= 11 is 0. The first-order chi connectivity index (χ1) is 6.21. The minimum atomic E-state index is -3.69. The van der Waals surface area contributed by atoms with Crippen LogP contribution in [0.5, 0.6) is 0 Å². The van der Waals surface area contributed by atoms with Crippen LogP contribution in [0, 0.1) is 0 Å². The molecule has 0 saturated carbocycles. The number of rotatable bonds is 6. The van der Waals surface area contributed by atoms with E-state index in [2.05, 4.69) is 5.32 Å². The van der Waals surface area contributed by atoms with Crippen LogP contribution in [0.1, 0.15) is 33.6 Å². The van der Waals surface area contributed by atoms with E-state index >= 15 is 0 Å². The van der Waals surface area contributed by atoms with Gasteiger partial charge in [-0.2, -0.15) is 8.78 Å². The van der Waals surface area contributed by atoms with Crippen LogP contribution < -0.4 is 5.32 Å². The largest absolute Gasteiger partial charge is 0.477 e. The predicted octanol–water partition coefficient (Wildman–Crippen LogP) is 1.87. The average Bonchev–Trinajstić information content (AvgIpc) is 2.01. The molecule has 2 N–H and O–H groups in total. The molecule has 14 heavy (non-hydrogen) atoms. The number of hydrogen-bond acceptors (Lipinski definition) is 2. The molecule has 0 aliphatic rings. The molecule has 3 nitrogen and oxygen atoms in total. The number of halogens is 2. The van der Waals surface area contributed by atoms with Crippen molar-refractivity contribution in [2.24, 2.45) is 0 Å². The quantitative estimate of drug-likeness (QED) is 0.702. The van der Waals surface area contributed by atoms with Gasteiger partial charge in [-0.15, -0.1) is 0 Å². The normalized spacial score (nSPS) is 12.9. The summed E-state index contributed by atoms with van der Waals surface area (Å²) in [5.74, 6) is -5.78. The third kappa shape index (κ3) is 4.50. The second-order valence-electron chi connectivity index (χ2n) is 4.00. The van der Waals surface area contributed by atoms with Crippen molar-refractivity contribution < 1.29 is 18.7 Å². The Morgan fingerprint density at radius 2 is 1.93 bits per heavy atom. The monoisotopic (exact) mass is 209 g/mol. The van der Waals surface area contributed by atoms with Crippen molar-refractivity contribution in [2.75, 3.05) is 6.54 Å². The van der Waals surface area contributed by atoms with Gasteiger partial charge >= 0.3 is 11.9 Å². The van der Waals surface area contributed by atoms with Gasteiger partial charge in [0.1, 0.15) is 0 Å². The molecule has 0 aliphatic heterocycles. The van der Waals surface area contributed by atoms with Crippen molar-refractivity contribution in [3.05, 3.63) is 0 Å². The SMILES string of the molecule is CCCC(C)(C)NCC(F)(F)C(=O)O. The fraction of sp³-hybridized carbons (Fsp3) is 0.889. The van der Waals surface area contributed by atoms with Gasteiger partial charge in [-0.25, -0.2) is 4.79 Å². The standard InChI is InChI=1S/C9H17F2NO2/c1-4-5-8(2,3)12-6-9(10,11)7(13)14/h12H,4-6H2,1-3H3,(H,13,14). The number of carboxylic acids is 1. The van der Waals surface area contributed by atoms with Crippen LogP contribution >= 0.6 is 0 Å². The zero-order valence-corrected chi connectivity index (χ0v) is 8.73.